The van der Waals surface area contributed by atoms with Crippen LogP contribution in [0.4, 0.5) is 8.78 Å². The van der Waals surface area contributed by atoms with Crippen molar-refractivity contribution < 1.29 is 13.5 Å². The minimum Gasteiger partial charge on any atom is -0.497 e. The number of hydrogen-bond donors (Lipinski definition) is 1. The Bertz CT molecular complexity index is 619. The van der Waals surface area contributed by atoms with Crippen molar-refractivity contribution in [3.63, 3.8) is 0 Å². The summed E-state index contributed by atoms with van der Waals surface area (Å²) in [6.45, 7) is 0. The fourth-order valence-corrected chi connectivity index (χ4v) is 2.24. The SMILES string of the molecule is CNC(c1ccc(Cl)cc1F)c1ccc(OC)cc1F. The zero-order chi connectivity index (χ0) is 14.7. The second-order valence-electron chi connectivity index (χ2n) is 4.27. The van der Waals surface area contributed by atoms with Gasteiger partial charge in [-0.1, -0.05) is 23.7 Å². The zero-order valence-corrected chi connectivity index (χ0v) is 11.8. The largest absolute Gasteiger partial charge is 0.497 e. The molecule has 106 valence electrons. The smallest absolute Gasteiger partial charge is 0.132 e. The molecule has 1 N–H and O–H groups in total. The highest BCUT2D eigenvalue weighted by atomic mass is 35.5. The second-order valence-corrected chi connectivity index (χ2v) is 4.71. The fraction of sp³-hybridized carbons (Fsp3) is 0.200. The van der Waals surface area contributed by atoms with Gasteiger partial charge in [-0.25, -0.2) is 8.78 Å². The van der Waals surface area contributed by atoms with Gasteiger partial charge in [0.1, 0.15) is 17.4 Å². The summed E-state index contributed by atoms with van der Waals surface area (Å²) in [7, 11) is 3.10. The molecule has 2 nitrogen and oxygen atoms in total. The van der Waals surface area contributed by atoms with Gasteiger partial charge >= 0.3 is 0 Å². The number of methoxy groups -OCH3 is 1. The Morgan fingerprint density at radius 1 is 1.05 bits per heavy atom. The lowest BCUT2D eigenvalue weighted by atomic mass is 9.97. The van der Waals surface area contributed by atoms with Gasteiger partial charge in [-0.2, -0.15) is 0 Å². The molecule has 0 spiro atoms. The molecule has 0 fully saturated rings. The summed E-state index contributed by atoms with van der Waals surface area (Å²) in [4.78, 5) is 0. The summed E-state index contributed by atoms with van der Waals surface area (Å²) in [5.41, 5.74) is 0.676. The Hall–Kier alpha value is -1.65. The molecule has 2 aromatic carbocycles. The minimum absolute atomic E-state index is 0.302. The van der Waals surface area contributed by atoms with Gasteiger partial charge in [-0.05, 0) is 25.2 Å². The van der Waals surface area contributed by atoms with Crippen LogP contribution in [-0.2, 0) is 0 Å². The average molecular weight is 298 g/mol. The van der Waals surface area contributed by atoms with E-state index in [1.807, 2.05) is 0 Å². The lowest BCUT2D eigenvalue weighted by Crippen LogP contribution is -2.20. The molecule has 0 radical (unpaired) electrons. The van der Waals surface area contributed by atoms with E-state index in [1.165, 1.54) is 19.2 Å². The molecule has 2 rings (SSSR count). The number of ether oxygens (including phenoxy) is 1. The zero-order valence-electron chi connectivity index (χ0n) is 11.1. The van der Waals surface area contributed by atoms with Gasteiger partial charge in [-0.3, -0.25) is 0 Å². The Kier molecular flexibility index (Phi) is 4.57. The quantitative estimate of drug-likeness (QED) is 0.923. The summed E-state index contributed by atoms with van der Waals surface area (Å²) in [5, 5.41) is 3.21. The van der Waals surface area contributed by atoms with Crippen LogP contribution in [-0.4, -0.2) is 14.2 Å². The summed E-state index contributed by atoms with van der Waals surface area (Å²) in [6.07, 6.45) is 0. The van der Waals surface area contributed by atoms with Gasteiger partial charge < -0.3 is 10.1 Å². The first-order valence-corrected chi connectivity index (χ1v) is 6.40. The van der Waals surface area contributed by atoms with Gasteiger partial charge in [0.15, 0.2) is 0 Å². The lowest BCUT2D eigenvalue weighted by molar-refractivity contribution is 0.410. The summed E-state index contributed by atoms with van der Waals surface area (Å²) < 4.78 is 33.0. The Morgan fingerprint density at radius 2 is 1.65 bits per heavy atom. The average Bonchev–Trinajstić information content (AvgIpc) is 2.43. The third-order valence-corrected chi connectivity index (χ3v) is 3.32. The topological polar surface area (TPSA) is 21.3 Å². The van der Waals surface area contributed by atoms with E-state index in [0.717, 1.165) is 0 Å². The lowest BCUT2D eigenvalue weighted by Gasteiger charge is -2.19. The second kappa shape index (κ2) is 6.20. The van der Waals surface area contributed by atoms with Gasteiger partial charge in [0.25, 0.3) is 0 Å². The van der Waals surface area contributed by atoms with Gasteiger partial charge in [0, 0.05) is 22.2 Å². The van der Waals surface area contributed by atoms with E-state index in [2.05, 4.69) is 5.32 Å². The van der Waals surface area contributed by atoms with Crippen LogP contribution in [0.25, 0.3) is 0 Å². The van der Waals surface area contributed by atoms with Crippen LogP contribution in [0.15, 0.2) is 36.4 Å². The van der Waals surface area contributed by atoms with E-state index < -0.39 is 17.7 Å². The van der Waals surface area contributed by atoms with Crippen molar-refractivity contribution in [3.05, 3.63) is 64.2 Å². The Labute approximate surface area is 121 Å². The van der Waals surface area contributed by atoms with E-state index in [-0.39, 0.29) is 0 Å². The summed E-state index contributed by atoms with van der Waals surface area (Å²) in [5.74, 6) is -0.525. The van der Waals surface area contributed by atoms with E-state index in [4.69, 9.17) is 16.3 Å². The van der Waals surface area contributed by atoms with Crippen molar-refractivity contribution in [2.75, 3.05) is 14.2 Å². The summed E-state index contributed by atoms with van der Waals surface area (Å²) in [6, 6.07) is 8.21. The molecular weight excluding hydrogens is 284 g/mol. The van der Waals surface area contributed by atoms with Crippen molar-refractivity contribution in [2.45, 2.75) is 6.04 Å². The van der Waals surface area contributed by atoms with E-state index >= 15 is 0 Å². The van der Waals surface area contributed by atoms with E-state index in [9.17, 15) is 8.78 Å². The third-order valence-electron chi connectivity index (χ3n) is 3.08. The molecule has 5 heteroatoms. The van der Waals surface area contributed by atoms with Crippen molar-refractivity contribution in [1.29, 1.82) is 0 Å². The first-order valence-electron chi connectivity index (χ1n) is 6.02. The molecule has 0 aliphatic heterocycles. The molecule has 0 heterocycles. The molecule has 0 amide bonds. The minimum atomic E-state index is -0.599. The highest BCUT2D eigenvalue weighted by molar-refractivity contribution is 6.30. The van der Waals surface area contributed by atoms with Gasteiger partial charge in [0.05, 0.1) is 13.2 Å². The van der Waals surface area contributed by atoms with Crippen LogP contribution < -0.4 is 10.1 Å². The molecule has 20 heavy (non-hydrogen) atoms. The molecule has 0 saturated heterocycles. The van der Waals surface area contributed by atoms with E-state index in [0.29, 0.717) is 21.9 Å². The van der Waals surface area contributed by atoms with Crippen molar-refractivity contribution in [3.8, 4) is 5.75 Å². The number of hydrogen-bond acceptors (Lipinski definition) is 2. The molecule has 0 bridgehead atoms. The Morgan fingerprint density at radius 3 is 2.15 bits per heavy atom. The number of rotatable bonds is 4. The molecule has 0 saturated carbocycles. The van der Waals surface area contributed by atoms with E-state index in [1.54, 1.807) is 31.3 Å². The maximum Gasteiger partial charge on any atom is 0.132 e. The third kappa shape index (κ3) is 2.92. The normalized spacial score (nSPS) is 12.2. The number of nitrogens with one attached hydrogen (secondary N) is 1. The van der Waals surface area contributed by atoms with Crippen molar-refractivity contribution >= 4 is 11.6 Å². The number of halogens is 3. The standard InChI is InChI=1S/C15H14ClF2NO/c1-19-15(11-5-3-9(16)7-13(11)17)12-6-4-10(20-2)8-14(12)18/h3-8,15,19H,1-2H3. The molecule has 2 aromatic rings. The molecule has 0 aliphatic rings. The predicted molar refractivity (Wildman–Crippen MR) is 75.3 cm³/mol. The Balaban J connectivity index is 2.47. The first kappa shape index (κ1) is 14.8. The number of benzene rings is 2. The predicted octanol–water partition coefficient (Wildman–Crippen LogP) is 3.94. The molecule has 1 atom stereocenters. The maximum absolute atomic E-state index is 14.1. The van der Waals surface area contributed by atoms with Crippen LogP contribution in [0, 0.1) is 11.6 Å². The maximum atomic E-state index is 14.1. The first-order chi connectivity index (χ1) is 9.56. The summed E-state index contributed by atoms with van der Waals surface area (Å²) >= 11 is 5.73. The molecule has 0 aliphatic carbocycles. The molecular formula is C15H14ClF2NO. The van der Waals surface area contributed by atoms with Crippen LogP contribution in [0.2, 0.25) is 5.02 Å². The van der Waals surface area contributed by atoms with Crippen LogP contribution in [0.5, 0.6) is 5.75 Å². The van der Waals surface area contributed by atoms with Crippen molar-refractivity contribution in [2.24, 2.45) is 0 Å². The fourth-order valence-electron chi connectivity index (χ4n) is 2.08. The molecule has 1 unspecified atom stereocenters. The van der Waals surface area contributed by atoms with Crippen LogP contribution in [0.1, 0.15) is 17.2 Å². The van der Waals surface area contributed by atoms with Crippen LogP contribution >= 0.6 is 11.6 Å². The molecule has 0 aromatic heterocycles. The highest BCUT2D eigenvalue weighted by Crippen LogP contribution is 2.29. The monoisotopic (exact) mass is 297 g/mol. The van der Waals surface area contributed by atoms with Crippen LogP contribution in [0.3, 0.4) is 0 Å². The van der Waals surface area contributed by atoms with Crippen molar-refractivity contribution in [1.82, 2.24) is 5.32 Å². The van der Waals surface area contributed by atoms with Gasteiger partial charge in [0.2, 0.25) is 0 Å². The van der Waals surface area contributed by atoms with Gasteiger partial charge in [-0.15, -0.1) is 0 Å². The highest BCUT2D eigenvalue weighted by Gasteiger charge is 2.20.